The molecular weight excluding hydrogens is 324 g/mol. The molecule has 136 valence electrons. The third-order valence-corrected chi connectivity index (χ3v) is 4.86. The fourth-order valence-electron chi connectivity index (χ4n) is 3.37. The number of non-ortho nitro benzene ring substituents is 1. The van der Waals surface area contributed by atoms with Crippen LogP contribution in [0.2, 0.25) is 0 Å². The van der Waals surface area contributed by atoms with Gasteiger partial charge in [0.2, 0.25) is 0 Å². The molecule has 0 aliphatic carbocycles. The van der Waals surface area contributed by atoms with Gasteiger partial charge in [-0.1, -0.05) is 0 Å². The lowest BCUT2D eigenvalue weighted by atomic mass is 10.2. The lowest BCUT2D eigenvalue weighted by Gasteiger charge is -2.33. The molecular formula is C17H25N4O4+. The van der Waals surface area contributed by atoms with Crippen LogP contribution >= 0.6 is 0 Å². The van der Waals surface area contributed by atoms with E-state index < -0.39 is 0 Å². The monoisotopic (exact) mass is 349 g/mol. The van der Waals surface area contributed by atoms with Gasteiger partial charge in [-0.05, 0) is 25.0 Å². The molecule has 1 aromatic carbocycles. The van der Waals surface area contributed by atoms with Gasteiger partial charge in [-0.15, -0.1) is 0 Å². The average molecular weight is 349 g/mol. The van der Waals surface area contributed by atoms with Gasteiger partial charge in [0.1, 0.15) is 0 Å². The molecule has 0 unspecified atom stereocenters. The number of quaternary nitrogens is 1. The SMILES string of the molecule is O=C(C[NH+]1CCN(c2ccc([N+](=O)[O-])cc2)CC1)NC[C@H]1CCCO1. The van der Waals surface area contributed by atoms with E-state index in [1.165, 1.54) is 17.0 Å². The number of nitrogens with one attached hydrogen (secondary N) is 2. The predicted octanol–water partition coefficient (Wildman–Crippen LogP) is -0.405. The molecule has 2 aliphatic heterocycles. The van der Waals surface area contributed by atoms with Crippen molar-refractivity contribution in [3.63, 3.8) is 0 Å². The van der Waals surface area contributed by atoms with Crippen molar-refractivity contribution in [3.8, 4) is 0 Å². The van der Waals surface area contributed by atoms with Crippen LogP contribution in [0.1, 0.15) is 12.8 Å². The first-order valence-electron chi connectivity index (χ1n) is 8.83. The van der Waals surface area contributed by atoms with Crippen LogP contribution in [0.3, 0.4) is 0 Å². The summed E-state index contributed by atoms with van der Waals surface area (Å²) < 4.78 is 5.51. The number of carbonyl (C=O) groups is 1. The lowest BCUT2D eigenvalue weighted by molar-refractivity contribution is -0.892. The second kappa shape index (κ2) is 8.26. The second-order valence-corrected chi connectivity index (χ2v) is 6.63. The summed E-state index contributed by atoms with van der Waals surface area (Å²) in [5.74, 6) is 0.0780. The van der Waals surface area contributed by atoms with Crippen LogP contribution in [0, 0.1) is 10.1 Å². The van der Waals surface area contributed by atoms with E-state index in [9.17, 15) is 14.9 Å². The number of ether oxygens (including phenoxy) is 1. The Hall–Kier alpha value is -2.19. The number of anilines is 1. The standard InChI is InChI=1S/C17H24N4O4/c22-17(18-12-16-2-1-11-25-16)13-19-7-9-20(10-8-19)14-3-5-15(6-4-14)21(23)24/h3-6,16H,1-2,7-13H2,(H,18,22)/p+1/t16-/m1/s1. The van der Waals surface area contributed by atoms with E-state index in [1.807, 2.05) is 0 Å². The van der Waals surface area contributed by atoms with Crippen molar-refractivity contribution >= 4 is 17.3 Å². The Balaban J connectivity index is 1.40. The number of hydrogen-bond acceptors (Lipinski definition) is 5. The van der Waals surface area contributed by atoms with E-state index in [-0.39, 0.29) is 22.6 Å². The minimum Gasteiger partial charge on any atom is -0.376 e. The smallest absolute Gasteiger partial charge is 0.275 e. The van der Waals surface area contributed by atoms with Gasteiger partial charge in [0.15, 0.2) is 6.54 Å². The van der Waals surface area contributed by atoms with Crippen LogP contribution in [-0.2, 0) is 9.53 Å². The topological polar surface area (TPSA) is 89.2 Å². The van der Waals surface area contributed by atoms with E-state index in [4.69, 9.17) is 4.74 Å². The summed E-state index contributed by atoms with van der Waals surface area (Å²) in [5, 5.41) is 13.7. The Kier molecular flexibility index (Phi) is 5.83. The molecule has 25 heavy (non-hydrogen) atoms. The zero-order chi connectivity index (χ0) is 17.6. The first kappa shape index (κ1) is 17.6. The fraction of sp³-hybridized carbons (Fsp3) is 0.588. The van der Waals surface area contributed by atoms with Crippen molar-refractivity contribution in [3.05, 3.63) is 34.4 Å². The Morgan fingerprint density at radius 3 is 2.64 bits per heavy atom. The van der Waals surface area contributed by atoms with Crippen LogP contribution < -0.4 is 15.1 Å². The van der Waals surface area contributed by atoms with E-state index in [0.29, 0.717) is 13.1 Å². The summed E-state index contributed by atoms with van der Waals surface area (Å²) in [5.41, 5.74) is 1.10. The number of hydrogen-bond donors (Lipinski definition) is 2. The molecule has 2 aliphatic rings. The average Bonchev–Trinajstić information content (AvgIpc) is 3.14. The number of piperazine rings is 1. The summed E-state index contributed by atoms with van der Waals surface area (Å²) >= 11 is 0. The van der Waals surface area contributed by atoms with Crippen molar-refractivity contribution < 1.29 is 19.4 Å². The molecule has 0 bridgehead atoms. The summed E-state index contributed by atoms with van der Waals surface area (Å²) in [6.07, 6.45) is 2.29. The Labute approximate surface area is 146 Å². The zero-order valence-corrected chi connectivity index (χ0v) is 14.3. The summed E-state index contributed by atoms with van der Waals surface area (Å²) in [6, 6.07) is 6.65. The van der Waals surface area contributed by atoms with Gasteiger partial charge in [0, 0.05) is 31.0 Å². The molecule has 8 nitrogen and oxygen atoms in total. The van der Waals surface area contributed by atoms with Crippen LogP contribution in [0.25, 0.3) is 0 Å². The number of benzene rings is 1. The Morgan fingerprint density at radius 2 is 2.04 bits per heavy atom. The van der Waals surface area contributed by atoms with Crippen LogP contribution in [0.4, 0.5) is 11.4 Å². The molecule has 2 saturated heterocycles. The number of nitro benzene ring substituents is 1. The van der Waals surface area contributed by atoms with E-state index >= 15 is 0 Å². The maximum absolute atomic E-state index is 12.1. The molecule has 2 fully saturated rings. The first-order valence-corrected chi connectivity index (χ1v) is 8.83. The van der Waals surface area contributed by atoms with E-state index in [1.54, 1.807) is 12.1 Å². The largest absolute Gasteiger partial charge is 0.376 e. The van der Waals surface area contributed by atoms with Crippen molar-refractivity contribution in [2.45, 2.75) is 18.9 Å². The summed E-state index contributed by atoms with van der Waals surface area (Å²) in [4.78, 5) is 25.9. The lowest BCUT2D eigenvalue weighted by Crippen LogP contribution is -3.16. The molecule has 1 aromatic rings. The fourth-order valence-corrected chi connectivity index (χ4v) is 3.37. The quantitative estimate of drug-likeness (QED) is 0.539. The van der Waals surface area contributed by atoms with Gasteiger partial charge in [0.05, 0.1) is 37.2 Å². The molecule has 3 rings (SSSR count). The predicted molar refractivity (Wildman–Crippen MR) is 92.9 cm³/mol. The third kappa shape index (κ3) is 4.90. The van der Waals surface area contributed by atoms with Crippen LogP contribution in [0.15, 0.2) is 24.3 Å². The minimum atomic E-state index is -0.388. The molecule has 8 heteroatoms. The number of nitrogens with zero attached hydrogens (tertiary/aromatic N) is 2. The zero-order valence-electron chi connectivity index (χ0n) is 14.3. The van der Waals surface area contributed by atoms with Crippen molar-refractivity contribution in [2.24, 2.45) is 0 Å². The van der Waals surface area contributed by atoms with Gasteiger partial charge in [0.25, 0.3) is 11.6 Å². The van der Waals surface area contributed by atoms with E-state index in [0.717, 1.165) is 51.3 Å². The van der Waals surface area contributed by atoms with Gasteiger partial charge in [-0.2, -0.15) is 0 Å². The highest BCUT2D eigenvalue weighted by Crippen LogP contribution is 2.19. The number of carbonyl (C=O) groups excluding carboxylic acids is 1. The molecule has 1 atom stereocenters. The van der Waals surface area contributed by atoms with Crippen molar-refractivity contribution in [1.29, 1.82) is 0 Å². The summed E-state index contributed by atoms with van der Waals surface area (Å²) in [7, 11) is 0. The highest BCUT2D eigenvalue weighted by molar-refractivity contribution is 5.76. The maximum atomic E-state index is 12.1. The Morgan fingerprint density at radius 1 is 1.32 bits per heavy atom. The molecule has 0 radical (unpaired) electrons. The number of nitro groups is 1. The van der Waals surface area contributed by atoms with Gasteiger partial charge in [-0.3, -0.25) is 14.9 Å². The van der Waals surface area contributed by atoms with Crippen LogP contribution in [0.5, 0.6) is 0 Å². The van der Waals surface area contributed by atoms with Gasteiger partial charge < -0.3 is 19.9 Å². The van der Waals surface area contributed by atoms with Crippen molar-refractivity contribution in [2.75, 3.05) is 50.8 Å². The highest BCUT2D eigenvalue weighted by atomic mass is 16.6. The molecule has 0 saturated carbocycles. The second-order valence-electron chi connectivity index (χ2n) is 6.63. The third-order valence-electron chi connectivity index (χ3n) is 4.86. The molecule has 0 spiro atoms. The summed E-state index contributed by atoms with van der Waals surface area (Å²) in [6.45, 7) is 5.34. The first-order chi connectivity index (χ1) is 12.1. The van der Waals surface area contributed by atoms with Gasteiger partial charge in [-0.25, -0.2) is 0 Å². The molecule has 0 aromatic heterocycles. The normalized spacial score (nSPS) is 21.3. The van der Waals surface area contributed by atoms with Crippen molar-refractivity contribution in [1.82, 2.24) is 5.32 Å². The molecule has 1 amide bonds. The number of amides is 1. The Bertz CT molecular complexity index is 593. The van der Waals surface area contributed by atoms with Crippen LogP contribution in [-0.4, -0.2) is 62.8 Å². The molecule has 2 heterocycles. The molecule has 2 N–H and O–H groups in total. The maximum Gasteiger partial charge on any atom is 0.275 e. The van der Waals surface area contributed by atoms with E-state index in [2.05, 4.69) is 10.2 Å². The van der Waals surface area contributed by atoms with Gasteiger partial charge >= 0.3 is 0 Å². The number of rotatable bonds is 6. The highest BCUT2D eigenvalue weighted by Gasteiger charge is 2.23. The minimum absolute atomic E-state index is 0.0780.